The molecule has 0 saturated heterocycles. The fourth-order valence-corrected chi connectivity index (χ4v) is 1.66. The maximum atomic E-state index is 12.1. The molecule has 3 nitrogen and oxygen atoms in total. The molecule has 0 atom stereocenters. The first-order chi connectivity index (χ1) is 7.15. The second-order valence-electron chi connectivity index (χ2n) is 3.20. The van der Waals surface area contributed by atoms with Gasteiger partial charge in [-0.3, -0.25) is 0 Å². The van der Waals surface area contributed by atoms with Gasteiger partial charge in [0, 0.05) is 0 Å². The normalized spacial score (nSPS) is 12.6. The van der Waals surface area contributed by atoms with Crippen molar-refractivity contribution in [2.24, 2.45) is 0 Å². The minimum absolute atomic E-state index is 0.278. The summed E-state index contributed by atoms with van der Waals surface area (Å²) in [5, 5.41) is 0. The molecular weight excluding hydrogens is 245 g/mol. The van der Waals surface area contributed by atoms with Crippen LogP contribution in [0, 0.1) is 13.8 Å². The molecule has 0 fully saturated rings. The average Bonchev–Trinajstić information content (AvgIpc) is 2.10. The van der Waals surface area contributed by atoms with Gasteiger partial charge in [0.1, 0.15) is 5.75 Å². The molecule has 0 N–H and O–H groups in total. The average molecular weight is 254 g/mol. The molecule has 0 aliphatic rings. The fraction of sp³-hybridized carbons (Fsp3) is 0.333. The van der Waals surface area contributed by atoms with Crippen molar-refractivity contribution in [3.05, 3.63) is 29.3 Å². The maximum Gasteiger partial charge on any atom is 0.534 e. The highest BCUT2D eigenvalue weighted by Crippen LogP contribution is 2.30. The number of halogens is 3. The summed E-state index contributed by atoms with van der Waals surface area (Å²) in [5.74, 6) is -0.278. The van der Waals surface area contributed by atoms with E-state index in [-0.39, 0.29) is 5.75 Å². The van der Waals surface area contributed by atoms with Gasteiger partial charge in [0.05, 0.1) is 0 Å². The van der Waals surface area contributed by atoms with Crippen LogP contribution in [-0.4, -0.2) is 13.9 Å². The Morgan fingerprint density at radius 1 is 1.12 bits per heavy atom. The Labute approximate surface area is 91.0 Å². The van der Waals surface area contributed by atoms with Crippen LogP contribution >= 0.6 is 0 Å². The van der Waals surface area contributed by atoms with E-state index in [0.717, 1.165) is 0 Å². The third kappa shape index (κ3) is 2.46. The minimum atomic E-state index is -5.60. The molecule has 1 aromatic rings. The van der Waals surface area contributed by atoms with E-state index in [1.54, 1.807) is 6.07 Å². The SMILES string of the molecule is Cc1cccc(C)c1OS(=O)(=O)C(F)(F)F. The van der Waals surface area contributed by atoms with Gasteiger partial charge in [0.15, 0.2) is 0 Å². The number of para-hydroxylation sites is 1. The summed E-state index contributed by atoms with van der Waals surface area (Å²) in [6.07, 6.45) is 0. The minimum Gasteiger partial charge on any atom is -0.375 e. The summed E-state index contributed by atoms with van der Waals surface area (Å²) >= 11 is 0. The van der Waals surface area contributed by atoms with Gasteiger partial charge in [0.25, 0.3) is 0 Å². The second-order valence-corrected chi connectivity index (χ2v) is 4.74. The van der Waals surface area contributed by atoms with Crippen molar-refractivity contribution in [1.82, 2.24) is 0 Å². The Kier molecular flexibility index (Phi) is 3.18. The third-order valence-electron chi connectivity index (χ3n) is 1.89. The Morgan fingerprint density at radius 2 is 1.56 bits per heavy atom. The van der Waals surface area contributed by atoms with Crippen LogP contribution in [-0.2, 0) is 10.1 Å². The van der Waals surface area contributed by atoms with E-state index in [0.29, 0.717) is 11.1 Å². The fourth-order valence-electron chi connectivity index (χ4n) is 1.09. The van der Waals surface area contributed by atoms with Gasteiger partial charge in [-0.15, -0.1) is 0 Å². The van der Waals surface area contributed by atoms with Gasteiger partial charge in [0.2, 0.25) is 0 Å². The summed E-state index contributed by atoms with van der Waals surface area (Å²) in [7, 11) is -5.60. The zero-order chi connectivity index (χ0) is 12.6. The first-order valence-corrected chi connectivity index (χ1v) is 5.63. The lowest BCUT2D eigenvalue weighted by Crippen LogP contribution is -2.28. The number of rotatable bonds is 2. The zero-order valence-electron chi connectivity index (χ0n) is 8.50. The van der Waals surface area contributed by atoms with Crippen molar-refractivity contribution < 1.29 is 25.8 Å². The van der Waals surface area contributed by atoms with Crippen molar-refractivity contribution in [1.29, 1.82) is 0 Å². The van der Waals surface area contributed by atoms with Crippen LogP contribution in [0.25, 0.3) is 0 Å². The number of hydrogen-bond donors (Lipinski definition) is 0. The van der Waals surface area contributed by atoms with E-state index >= 15 is 0 Å². The lowest BCUT2D eigenvalue weighted by atomic mass is 10.1. The van der Waals surface area contributed by atoms with Gasteiger partial charge < -0.3 is 4.18 Å². The summed E-state index contributed by atoms with van der Waals surface area (Å²) in [5.41, 5.74) is -4.76. The lowest BCUT2D eigenvalue weighted by Gasteiger charge is -2.13. The molecule has 0 spiro atoms. The molecule has 1 aromatic carbocycles. The molecule has 0 amide bonds. The van der Waals surface area contributed by atoms with Crippen molar-refractivity contribution in [3.8, 4) is 5.75 Å². The number of hydrogen-bond acceptors (Lipinski definition) is 3. The van der Waals surface area contributed by atoms with Gasteiger partial charge in [-0.25, -0.2) is 0 Å². The molecule has 0 saturated carbocycles. The summed E-state index contributed by atoms with van der Waals surface area (Å²) in [6.45, 7) is 2.93. The quantitative estimate of drug-likeness (QED) is 0.601. The number of benzene rings is 1. The zero-order valence-corrected chi connectivity index (χ0v) is 9.32. The molecule has 0 aliphatic carbocycles. The highest BCUT2D eigenvalue weighted by atomic mass is 32.2. The van der Waals surface area contributed by atoms with E-state index < -0.39 is 15.6 Å². The Morgan fingerprint density at radius 3 is 1.94 bits per heavy atom. The van der Waals surface area contributed by atoms with Crippen LogP contribution in [0.15, 0.2) is 18.2 Å². The van der Waals surface area contributed by atoms with Gasteiger partial charge in [-0.2, -0.15) is 21.6 Å². The molecule has 0 radical (unpaired) electrons. The van der Waals surface area contributed by atoms with Crippen LogP contribution in [0.5, 0.6) is 5.75 Å². The second kappa shape index (κ2) is 3.97. The predicted molar refractivity (Wildman–Crippen MR) is 51.5 cm³/mol. The molecule has 0 aromatic heterocycles. The van der Waals surface area contributed by atoms with E-state index in [1.165, 1.54) is 26.0 Å². The Balaban J connectivity index is 3.17. The summed E-state index contributed by atoms with van der Waals surface area (Å²) < 4.78 is 61.8. The van der Waals surface area contributed by atoms with E-state index in [2.05, 4.69) is 4.18 Å². The van der Waals surface area contributed by atoms with E-state index in [4.69, 9.17) is 0 Å². The number of aryl methyl sites for hydroxylation is 2. The number of alkyl halides is 3. The molecule has 0 heterocycles. The topological polar surface area (TPSA) is 43.4 Å². The standard InChI is InChI=1S/C9H9F3O3S/c1-6-4-3-5-7(2)8(6)15-16(13,14)9(10,11)12/h3-5H,1-2H3. The first-order valence-electron chi connectivity index (χ1n) is 4.22. The highest BCUT2D eigenvalue weighted by molar-refractivity contribution is 7.88. The first kappa shape index (κ1) is 12.8. The van der Waals surface area contributed by atoms with Crippen LogP contribution in [0.3, 0.4) is 0 Å². The van der Waals surface area contributed by atoms with Crippen molar-refractivity contribution in [2.75, 3.05) is 0 Å². The van der Waals surface area contributed by atoms with Gasteiger partial charge in [-0.05, 0) is 25.0 Å². The lowest BCUT2D eigenvalue weighted by molar-refractivity contribution is -0.0500. The maximum absolute atomic E-state index is 12.1. The predicted octanol–water partition coefficient (Wildman–Crippen LogP) is 2.53. The monoisotopic (exact) mass is 254 g/mol. The summed E-state index contributed by atoms with van der Waals surface area (Å²) in [6, 6.07) is 4.53. The molecule has 0 bridgehead atoms. The smallest absolute Gasteiger partial charge is 0.375 e. The third-order valence-corrected chi connectivity index (χ3v) is 2.84. The summed E-state index contributed by atoms with van der Waals surface area (Å²) in [4.78, 5) is 0. The van der Waals surface area contributed by atoms with Crippen molar-refractivity contribution in [2.45, 2.75) is 19.4 Å². The molecule has 90 valence electrons. The molecular formula is C9H9F3O3S. The molecule has 7 heteroatoms. The molecule has 0 unspecified atom stereocenters. The molecule has 1 rings (SSSR count). The van der Waals surface area contributed by atoms with E-state index in [1.807, 2.05) is 0 Å². The van der Waals surface area contributed by atoms with E-state index in [9.17, 15) is 21.6 Å². The van der Waals surface area contributed by atoms with Crippen molar-refractivity contribution >= 4 is 10.1 Å². The van der Waals surface area contributed by atoms with Crippen LogP contribution in [0.4, 0.5) is 13.2 Å². The largest absolute Gasteiger partial charge is 0.534 e. The van der Waals surface area contributed by atoms with Gasteiger partial charge >= 0.3 is 15.6 Å². The van der Waals surface area contributed by atoms with Crippen LogP contribution < -0.4 is 4.18 Å². The highest BCUT2D eigenvalue weighted by Gasteiger charge is 2.48. The molecule has 0 aliphatic heterocycles. The Hall–Kier alpha value is -1.24. The Bertz CT molecular complexity index is 471. The van der Waals surface area contributed by atoms with Crippen LogP contribution in [0.1, 0.15) is 11.1 Å². The van der Waals surface area contributed by atoms with Crippen molar-refractivity contribution in [3.63, 3.8) is 0 Å². The van der Waals surface area contributed by atoms with Crippen LogP contribution in [0.2, 0.25) is 0 Å². The van der Waals surface area contributed by atoms with Gasteiger partial charge in [-0.1, -0.05) is 18.2 Å². The molecule has 16 heavy (non-hydrogen) atoms.